The Morgan fingerprint density at radius 1 is 1.38 bits per heavy atom. The minimum Gasteiger partial charge on any atom is -0.492 e. The lowest BCUT2D eigenvalue weighted by Crippen LogP contribution is -2.47. The number of rotatable bonds is 8. The van der Waals surface area contributed by atoms with Crippen LogP contribution in [-0.4, -0.2) is 42.1 Å². The van der Waals surface area contributed by atoms with Gasteiger partial charge >= 0.3 is 0 Å². The van der Waals surface area contributed by atoms with Crippen LogP contribution in [0.3, 0.4) is 0 Å². The molecule has 0 saturated carbocycles. The minimum absolute atomic E-state index is 0.368. The summed E-state index contributed by atoms with van der Waals surface area (Å²) in [6.45, 7) is 2.77. The third-order valence-corrected chi connectivity index (χ3v) is 3.81. The third-order valence-electron chi connectivity index (χ3n) is 3.81. The van der Waals surface area contributed by atoms with Crippen molar-refractivity contribution in [2.45, 2.75) is 37.9 Å². The van der Waals surface area contributed by atoms with E-state index >= 15 is 0 Å². The van der Waals surface area contributed by atoms with Crippen molar-refractivity contribution in [3.8, 4) is 5.75 Å². The first-order valence-corrected chi connectivity index (χ1v) is 7.95. The Morgan fingerprint density at radius 2 is 2.08 bits per heavy atom. The fraction of sp³-hybridized carbons (Fsp3) is 0.533. The highest BCUT2D eigenvalue weighted by molar-refractivity contribution is 5.95. The molecular formula is C15H23N5O4. The van der Waals surface area contributed by atoms with Gasteiger partial charge in [-0.15, -0.1) is 0 Å². The van der Waals surface area contributed by atoms with Gasteiger partial charge in [0, 0.05) is 17.2 Å². The largest absolute Gasteiger partial charge is 0.492 e. The number of hydrogen-bond donors (Lipinski definition) is 4. The second-order valence-corrected chi connectivity index (χ2v) is 5.59. The van der Waals surface area contributed by atoms with Crippen molar-refractivity contribution in [1.29, 1.82) is 0 Å². The summed E-state index contributed by atoms with van der Waals surface area (Å²) in [4.78, 5) is 23.3. The van der Waals surface area contributed by atoms with Crippen LogP contribution in [0.5, 0.6) is 5.75 Å². The highest BCUT2D eigenvalue weighted by Crippen LogP contribution is 2.19. The summed E-state index contributed by atoms with van der Waals surface area (Å²) in [5.74, 6) is 0.198. The van der Waals surface area contributed by atoms with Crippen molar-refractivity contribution in [3.63, 3.8) is 0 Å². The molecule has 0 spiro atoms. The zero-order chi connectivity index (χ0) is 17.5. The second kappa shape index (κ2) is 8.57. The van der Waals surface area contributed by atoms with Crippen molar-refractivity contribution < 1.29 is 14.5 Å². The lowest BCUT2D eigenvalue weighted by Gasteiger charge is -2.15. The number of nitrogens with one attached hydrogen (secondary N) is 3. The third kappa shape index (κ3) is 4.40. The first-order valence-electron chi connectivity index (χ1n) is 7.95. The maximum absolute atomic E-state index is 12.4. The van der Waals surface area contributed by atoms with Gasteiger partial charge in [-0.1, -0.05) is 13.3 Å². The van der Waals surface area contributed by atoms with Crippen molar-refractivity contribution in [2.24, 2.45) is 5.73 Å². The molecule has 2 rings (SSSR count). The van der Waals surface area contributed by atoms with E-state index in [1.165, 1.54) is 0 Å². The number of carbonyl (C=O) groups excluding carboxylic acids is 1. The first kappa shape index (κ1) is 18.1. The fourth-order valence-electron chi connectivity index (χ4n) is 2.67. The van der Waals surface area contributed by atoms with E-state index in [2.05, 4.69) is 16.2 Å². The Labute approximate surface area is 140 Å². The maximum atomic E-state index is 12.4. The topological polar surface area (TPSA) is 132 Å². The van der Waals surface area contributed by atoms with Gasteiger partial charge in [-0.25, -0.2) is 10.9 Å². The molecule has 3 unspecified atom stereocenters. The average molecular weight is 337 g/mol. The van der Waals surface area contributed by atoms with E-state index in [0.717, 1.165) is 6.42 Å². The van der Waals surface area contributed by atoms with Crippen LogP contribution in [0.4, 0.5) is 5.69 Å². The average Bonchev–Trinajstić information content (AvgIpc) is 2.98. The molecule has 1 saturated heterocycles. The van der Waals surface area contributed by atoms with Crippen molar-refractivity contribution >= 4 is 11.6 Å². The summed E-state index contributed by atoms with van der Waals surface area (Å²) in [7, 11) is 0. The maximum Gasteiger partial charge on any atom is 0.254 e. The molecule has 1 aromatic rings. The van der Waals surface area contributed by atoms with Crippen LogP contribution in [0.2, 0.25) is 0 Å². The molecule has 1 aliphatic rings. The Morgan fingerprint density at radius 3 is 2.67 bits per heavy atom. The van der Waals surface area contributed by atoms with Crippen LogP contribution in [0.15, 0.2) is 24.3 Å². The van der Waals surface area contributed by atoms with Crippen molar-refractivity contribution in [1.82, 2.24) is 10.9 Å². The molecule has 0 aliphatic carbocycles. The molecular weight excluding hydrogens is 314 g/mol. The van der Waals surface area contributed by atoms with Gasteiger partial charge in [0.1, 0.15) is 12.4 Å². The van der Waals surface area contributed by atoms with Gasteiger partial charge in [-0.3, -0.25) is 14.9 Å². The summed E-state index contributed by atoms with van der Waals surface area (Å²) in [5.41, 5.74) is 11.5. The van der Waals surface area contributed by atoms with Crippen LogP contribution in [0.25, 0.3) is 0 Å². The van der Waals surface area contributed by atoms with E-state index in [4.69, 9.17) is 10.5 Å². The molecule has 1 amide bonds. The highest BCUT2D eigenvalue weighted by atomic mass is 16.6. The van der Waals surface area contributed by atoms with Gasteiger partial charge in [0.15, 0.2) is 6.04 Å². The van der Waals surface area contributed by atoms with Gasteiger partial charge in [0.25, 0.3) is 6.04 Å². The number of carbonyl (C=O) groups is 1. The van der Waals surface area contributed by atoms with Crippen LogP contribution in [-0.2, 0) is 4.79 Å². The summed E-state index contributed by atoms with van der Waals surface area (Å²) in [6.07, 6.45) is 1.41. The predicted molar refractivity (Wildman–Crippen MR) is 89.2 cm³/mol. The molecule has 1 fully saturated rings. The Bertz CT molecular complexity index is 565. The monoisotopic (exact) mass is 337 g/mol. The number of nitrogens with two attached hydrogens (primary N) is 1. The number of hydrazine groups is 1. The lowest BCUT2D eigenvalue weighted by atomic mass is 9.99. The molecule has 1 aliphatic heterocycles. The number of nitro groups is 1. The molecule has 132 valence electrons. The normalized spacial score (nSPS) is 23.0. The molecule has 24 heavy (non-hydrogen) atoms. The number of ether oxygens (including phenoxy) is 1. The number of anilines is 1. The van der Waals surface area contributed by atoms with Gasteiger partial charge < -0.3 is 15.8 Å². The zero-order valence-electron chi connectivity index (χ0n) is 13.5. The standard InChI is InChI=1S/C15H23N5O4/c1-2-3-12-14(20(22)23)13(19-18-12)15(21)17-10-4-6-11(7-5-10)24-9-8-16/h4-7,12-14,18-19H,2-3,8-9,16H2,1H3,(H,17,21). The highest BCUT2D eigenvalue weighted by Gasteiger charge is 2.48. The summed E-state index contributed by atoms with van der Waals surface area (Å²) in [5, 5.41) is 14.0. The van der Waals surface area contributed by atoms with E-state index in [9.17, 15) is 14.9 Å². The van der Waals surface area contributed by atoms with E-state index in [-0.39, 0.29) is 6.04 Å². The molecule has 1 heterocycles. The van der Waals surface area contributed by atoms with E-state index in [1.807, 2.05) is 6.92 Å². The van der Waals surface area contributed by atoms with Crippen molar-refractivity contribution in [2.75, 3.05) is 18.5 Å². The Balaban J connectivity index is 1.99. The molecule has 9 heteroatoms. The van der Waals surface area contributed by atoms with Crippen molar-refractivity contribution in [3.05, 3.63) is 34.4 Å². The van der Waals surface area contributed by atoms with E-state index in [1.54, 1.807) is 24.3 Å². The second-order valence-electron chi connectivity index (χ2n) is 5.59. The van der Waals surface area contributed by atoms with Crippen LogP contribution < -0.4 is 26.6 Å². The Hall–Kier alpha value is -2.23. The molecule has 3 atom stereocenters. The molecule has 5 N–H and O–H groups in total. The molecule has 1 aromatic carbocycles. The fourth-order valence-corrected chi connectivity index (χ4v) is 2.67. The van der Waals surface area contributed by atoms with E-state index < -0.39 is 22.9 Å². The van der Waals surface area contributed by atoms with Gasteiger partial charge in [0.2, 0.25) is 5.91 Å². The van der Waals surface area contributed by atoms with Crippen LogP contribution in [0.1, 0.15) is 19.8 Å². The van der Waals surface area contributed by atoms with Crippen LogP contribution in [0, 0.1) is 10.1 Å². The smallest absolute Gasteiger partial charge is 0.254 e. The molecule has 0 radical (unpaired) electrons. The van der Waals surface area contributed by atoms with E-state index in [0.29, 0.717) is 31.0 Å². The number of benzene rings is 1. The predicted octanol–water partition coefficient (Wildman–Crippen LogP) is 0.253. The molecule has 0 bridgehead atoms. The lowest BCUT2D eigenvalue weighted by molar-refractivity contribution is -0.523. The molecule has 9 nitrogen and oxygen atoms in total. The number of amides is 1. The number of nitrogens with zero attached hydrogens (tertiary/aromatic N) is 1. The molecule has 0 aromatic heterocycles. The van der Waals surface area contributed by atoms with Gasteiger partial charge in [-0.2, -0.15) is 0 Å². The van der Waals surface area contributed by atoms with Crippen LogP contribution >= 0.6 is 0 Å². The summed E-state index contributed by atoms with van der Waals surface area (Å²) >= 11 is 0. The first-order chi connectivity index (χ1) is 11.6. The van der Waals surface area contributed by atoms with Gasteiger partial charge in [-0.05, 0) is 30.7 Å². The summed E-state index contributed by atoms with van der Waals surface area (Å²) in [6, 6.07) is 4.47. The quantitative estimate of drug-likeness (QED) is 0.395. The summed E-state index contributed by atoms with van der Waals surface area (Å²) < 4.78 is 5.36. The SMILES string of the molecule is CCCC1NNC(C(=O)Nc2ccc(OCCN)cc2)C1[N+](=O)[O-]. The van der Waals surface area contributed by atoms with Gasteiger partial charge in [0.05, 0.1) is 6.04 Å². The zero-order valence-corrected chi connectivity index (χ0v) is 13.5. The minimum atomic E-state index is -1.00. The Kier molecular flexibility index (Phi) is 6.47. The number of hydrogen-bond acceptors (Lipinski definition) is 7.